The summed E-state index contributed by atoms with van der Waals surface area (Å²) in [5, 5.41) is 18.6. The van der Waals surface area contributed by atoms with Crippen molar-refractivity contribution >= 4 is 10.9 Å². The van der Waals surface area contributed by atoms with Crippen LogP contribution in [-0.2, 0) is 0 Å². The SMILES string of the molecule is Cc1c(C(O)CCN2CCCCC2)ccc2[nH]ncc12. The van der Waals surface area contributed by atoms with Crippen molar-refractivity contribution in [2.45, 2.75) is 38.7 Å². The Morgan fingerprint density at radius 2 is 2.10 bits per heavy atom. The molecule has 0 bridgehead atoms. The van der Waals surface area contributed by atoms with Crippen LogP contribution in [0.25, 0.3) is 10.9 Å². The quantitative estimate of drug-likeness (QED) is 0.900. The topological polar surface area (TPSA) is 52.1 Å². The number of fused-ring (bicyclic) bond motifs is 1. The molecule has 1 aromatic heterocycles. The van der Waals surface area contributed by atoms with Gasteiger partial charge >= 0.3 is 0 Å². The first kappa shape index (κ1) is 13.6. The number of hydrogen-bond acceptors (Lipinski definition) is 3. The summed E-state index contributed by atoms with van der Waals surface area (Å²) in [5.41, 5.74) is 3.22. The maximum Gasteiger partial charge on any atom is 0.0805 e. The Bertz CT molecular complexity index is 572. The van der Waals surface area contributed by atoms with E-state index in [4.69, 9.17) is 0 Å². The molecular weight excluding hydrogens is 250 g/mol. The average Bonchev–Trinajstić information content (AvgIpc) is 2.96. The molecule has 4 nitrogen and oxygen atoms in total. The second-order valence-electron chi connectivity index (χ2n) is 5.82. The van der Waals surface area contributed by atoms with Crippen LogP contribution in [0.2, 0.25) is 0 Å². The molecule has 108 valence electrons. The molecule has 1 aromatic carbocycles. The number of nitrogens with one attached hydrogen (secondary N) is 1. The van der Waals surface area contributed by atoms with Gasteiger partial charge in [-0.05, 0) is 56.5 Å². The highest BCUT2D eigenvalue weighted by Gasteiger charge is 2.16. The smallest absolute Gasteiger partial charge is 0.0805 e. The molecule has 0 radical (unpaired) electrons. The van der Waals surface area contributed by atoms with Gasteiger partial charge in [0.05, 0.1) is 17.8 Å². The highest BCUT2D eigenvalue weighted by molar-refractivity contribution is 5.82. The predicted octanol–water partition coefficient (Wildman–Crippen LogP) is 2.78. The van der Waals surface area contributed by atoms with E-state index in [0.29, 0.717) is 0 Å². The molecule has 3 rings (SSSR count). The molecule has 1 fully saturated rings. The molecule has 0 saturated carbocycles. The lowest BCUT2D eigenvalue weighted by atomic mass is 9.98. The highest BCUT2D eigenvalue weighted by atomic mass is 16.3. The Morgan fingerprint density at radius 3 is 2.90 bits per heavy atom. The first-order valence-corrected chi connectivity index (χ1v) is 7.58. The lowest BCUT2D eigenvalue weighted by Gasteiger charge is -2.27. The van der Waals surface area contributed by atoms with Crippen LogP contribution >= 0.6 is 0 Å². The lowest BCUT2D eigenvalue weighted by Crippen LogP contribution is -2.31. The molecule has 0 spiro atoms. The van der Waals surface area contributed by atoms with Crippen LogP contribution in [0.15, 0.2) is 18.3 Å². The van der Waals surface area contributed by atoms with E-state index in [0.717, 1.165) is 35.0 Å². The molecule has 2 heterocycles. The maximum atomic E-state index is 10.5. The van der Waals surface area contributed by atoms with Crippen LogP contribution in [0.3, 0.4) is 0 Å². The number of piperidine rings is 1. The summed E-state index contributed by atoms with van der Waals surface area (Å²) in [6.07, 6.45) is 6.23. The van der Waals surface area contributed by atoms with Gasteiger partial charge in [0.2, 0.25) is 0 Å². The molecule has 1 unspecified atom stereocenters. The second kappa shape index (κ2) is 5.94. The molecule has 1 atom stereocenters. The zero-order chi connectivity index (χ0) is 13.9. The number of hydrogen-bond donors (Lipinski definition) is 2. The third-order valence-corrected chi connectivity index (χ3v) is 4.46. The third kappa shape index (κ3) is 2.72. The van der Waals surface area contributed by atoms with Gasteiger partial charge in [-0.15, -0.1) is 0 Å². The summed E-state index contributed by atoms with van der Waals surface area (Å²) >= 11 is 0. The summed E-state index contributed by atoms with van der Waals surface area (Å²) in [7, 11) is 0. The maximum absolute atomic E-state index is 10.5. The minimum Gasteiger partial charge on any atom is -0.388 e. The van der Waals surface area contributed by atoms with E-state index in [-0.39, 0.29) is 6.10 Å². The normalized spacial score (nSPS) is 18.5. The van der Waals surface area contributed by atoms with E-state index in [1.807, 2.05) is 18.3 Å². The van der Waals surface area contributed by atoms with E-state index in [2.05, 4.69) is 22.0 Å². The van der Waals surface area contributed by atoms with Gasteiger partial charge in [0, 0.05) is 11.9 Å². The summed E-state index contributed by atoms with van der Waals surface area (Å²) < 4.78 is 0. The Hall–Kier alpha value is -1.39. The molecular formula is C16H23N3O. The number of aromatic amines is 1. The number of aliphatic hydroxyl groups is 1. The predicted molar refractivity (Wildman–Crippen MR) is 80.7 cm³/mol. The van der Waals surface area contributed by atoms with Crippen LogP contribution in [0.4, 0.5) is 0 Å². The van der Waals surface area contributed by atoms with Crippen LogP contribution in [0, 0.1) is 6.92 Å². The van der Waals surface area contributed by atoms with Crippen molar-refractivity contribution in [1.82, 2.24) is 15.1 Å². The van der Waals surface area contributed by atoms with E-state index in [9.17, 15) is 5.11 Å². The van der Waals surface area contributed by atoms with E-state index in [1.54, 1.807) is 0 Å². The fourth-order valence-electron chi connectivity index (χ4n) is 3.18. The van der Waals surface area contributed by atoms with Gasteiger partial charge in [0.1, 0.15) is 0 Å². The van der Waals surface area contributed by atoms with Crippen molar-refractivity contribution in [2.75, 3.05) is 19.6 Å². The fraction of sp³-hybridized carbons (Fsp3) is 0.562. The average molecular weight is 273 g/mol. The Kier molecular flexibility index (Phi) is 4.03. The van der Waals surface area contributed by atoms with Gasteiger partial charge in [-0.1, -0.05) is 12.5 Å². The monoisotopic (exact) mass is 273 g/mol. The number of H-pyrrole nitrogens is 1. The van der Waals surface area contributed by atoms with Gasteiger partial charge in [-0.25, -0.2) is 0 Å². The van der Waals surface area contributed by atoms with Crippen molar-refractivity contribution in [2.24, 2.45) is 0 Å². The van der Waals surface area contributed by atoms with Crippen LogP contribution in [0.5, 0.6) is 0 Å². The third-order valence-electron chi connectivity index (χ3n) is 4.46. The van der Waals surface area contributed by atoms with Crippen molar-refractivity contribution in [3.63, 3.8) is 0 Å². The minimum atomic E-state index is -0.378. The lowest BCUT2D eigenvalue weighted by molar-refractivity contribution is 0.133. The van der Waals surface area contributed by atoms with Gasteiger partial charge in [0.25, 0.3) is 0 Å². The molecule has 1 aliphatic rings. The number of rotatable bonds is 4. The molecule has 1 saturated heterocycles. The van der Waals surface area contributed by atoms with E-state index >= 15 is 0 Å². The first-order chi connectivity index (χ1) is 9.75. The molecule has 2 aromatic rings. The molecule has 4 heteroatoms. The highest BCUT2D eigenvalue weighted by Crippen LogP contribution is 2.27. The van der Waals surface area contributed by atoms with Gasteiger partial charge in [0.15, 0.2) is 0 Å². The Morgan fingerprint density at radius 1 is 1.30 bits per heavy atom. The second-order valence-corrected chi connectivity index (χ2v) is 5.82. The minimum absolute atomic E-state index is 0.378. The number of aromatic nitrogens is 2. The molecule has 2 N–H and O–H groups in total. The number of aliphatic hydroxyl groups excluding tert-OH is 1. The number of benzene rings is 1. The first-order valence-electron chi connectivity index (χ1n) is 7.58. The van der Waals surface area contributed by atoms with Crippen molar-refractivity contribution in [1.29, 1.82) is 0 Å². The fourth-order valence-corrected chi connectivity index (χ4v) is 3.18. The van der Waals surface area contributed by atoms with Crippen LogP contribution in [0.1, 0.15) is 42.9 Å². The summed E-state index contributed by atoms with van der Waals surface area (Å²) in [5.74, 6) is 0. The summed E-state index contributed by atoms with van der Waals surface area (Å²) in [4.78, 5) is 2.47. The standard InChI is InChI=1S/C16H23N3O/c1-12-13(5-6-15-14(12)11-17-18-15)16(20)7-10-19-8-3-2-4-9-19/h5-6,11,16,20H,2-4,7-10H2,1H3,(H,17,18). The van der Waals surface area contributed by atoms with Crippen LogP contribution in [-0.4, -0.2) is 39.8 Å². The van der Waals surface area contributed by atoms with Gasteiger partial charge in [-0.2, -0.15) is 5.10 Å². The molecule has 1 aliphatic heterocycles. The van der Waals surface area contributed by atoms with Crippen molar-refractivity contribution in [3.8, 4) is 0 Å². The van der Waals surface area contributed by atoms with Crippen molar-refractivity contribution in [3.05, 3.63) is 29.5 Å². The molecule has 0 amide bonds. The van der Waals surface area contributed by atoms with Gasteiger partial charge < -0.3 is 10.0 Å². The number of likely N-dealkylation sites (tertiary alicyclic amines) is 1. The molecule has 20 heavy (non-hydrogen) atoms. The Balaban J connectivity index is 1.68. The largest absolute Gasteiger partial charge is 0.388 e. The Labute approximate surface area is 119 Å². The summed E-state index contributed by atoms with van der Waals surface area (Å²) in [6, 6.07) is 4.03. The van der Waals surface area contributed by atoms with Crippen molar-refractivity contribution < 1.29 is 5.11 Å². The zero-order valence-corrected chi connectivity index (χ0v) is 12.1. The van der Waals surface area contributed by atoms with E-state index < -0.39 is 0 Å². The number of aryl methyl sites for hydroxylation is 1. The summed E-state index contributed by atoms with van der Waals surface area (Å²) in [6.45, 7) is 5.43. The van der Waals surface area contributed by atoms with Crippen LogP contribution < -0.4 is 0 Å². The zero-order valence-electron chi connectivity index (χ0n) is 12.1. The molecule has 0 aliphatic carbocycles. The van der Waals surface area contributed by atoms with E-state index in [1.165, 1.54) is 32.4 Å². The van der Waals surface area contributed by atoms with Gasteiger partial charge in [-0.3, -0.25) is 5.10 Å². The number of nitrogens with zero attached hydrogens (tertiary/aromatic N) is 2.